The molecule has 1 aromatic rings. The van der Waals surface area contributed by atoms with Gasteiger partial charge in [-0.25, -0.2) is 0 Å². The Hall–Kier alpha value is -1.95. The minimum absolute atomic E-state index is 0.292. The minimum Gasteiger partial charge on any atom is -0.480 e. The van der Waals surface area contributed by atoms with Crippen molar-refractivity contribution in [3.63, 3.8) is 0 Å². The largest absolute Gasteiger partial charge is 0.480 e. The second-order valence-corrected chi connectivity index (χ2v) is 7.14. The Labute approximate surface area is 136 Å². The van der Waals surface area contributed by atoms with Crippen LogP contribution in [0.3, 0.4) is 0 Å². The average molecular weight is 320 g/mol. The highest BCUT2D eigenvalue weighted by Gasteiger charge is 2.61. The summed E-state index contributed by atoms with van der Waals surface area (Å²) in [5.41, 5.74) is 0.312. The second-order valence-electron chi connectivity index (χ2n) is 7.14. The lowest BCUT2D eigenvalue weighted by atomic mass is 9.73. The van der Waals surface area contributed by atoms with Gasteiger partial charge in [-0.15, -0.1) is 0 Å². The van der Waals surface area contributed by atoms with Crippen molar-refractivity contribution in [3.8, 4) is 0 Å². The van der Waals surface area contributed by atoms with Crippen LogP contribution in [0.25, 0.3) is 0 Å². The van der Waals surface area contributed by atoms with Gasteiger partial charge in [0.1, 0.15) is 12.1 Å². The first-order valence-corrected chi connectivity index (χ1v) is 7.87. The Balaban J connectivity index is 2.63. The van der Waals surface area contributed by atoms with Crippen molar-refractivity contribution >= 4 is 5.97 Å². The molecule has 1 aromatic carbocycles. The Morgan fingerprint density at radius 3 is 2.26 bits per heavy atom. The Kier molecular flexibility index (Phi) is 4.75. The van der Waals surface area contributed by atoms with E-state index < -0.39 is 35.4 Å². The van der Waals surface area contributed by atoms with Crippen molar-refractivity contribution < 1.29 is 14.8 Å². The number of nitrogens with zero attached hydrogens (tertiary/aromatic N) is 2. The van der Waals surface area contributed by atoms with Crippen molar-refractivity contribution in [3.05, 3.63) is 46.0 Å². The number of hydrogen-bond acceptors (Lipinski definition) is 4. The van der Waals surface area contributed by atoms with Gasteiger partial charge in [0.15, 0.2) is 0 Å². The zero-order valence-corrected chi connectivity index (χ0v) is 14.0. The summed E-state index contributed by atoms with van der Waals surface area (Å²) in [5, 5.41) is 21.6. The molecule has 1 aliphatic heterocycles. The van der Waals surface area contributed by atoms with Gasteiger partial charge in [0.05, 0.1) is 5.92 Å². The molecule has 0 saturated carbocycles. The van der Waals surface area contributed by atoms with Crippen molar-refractivity contribution in [2.45, 2.75) is 45.8 Å². The molecular weight excluding hydrogens is 296 g/mol. The maximum absolute atomic E-state index is 11.9. The molecule has 1 N–H and O–H groups in total. The van der Waals surface area contributed by atoms with Gasteiger partial charge in [-0.2, -0.15) is 0 Å². The summed E-state index contributed by atoms with van der Waals surface area (Å²) in [6.07, 6.45) is 0. The van der Waals surface area contributed by atoms with Crippen LogP contribution in [0.1, 0.15) is 39.3 Å². The first-order valence-electron chi connectivity index (χ1n) is 7.87. The highest BCUT2D eigenvalue weighted by atomic mass is 16.6. The van der Waals surface area contributed by atoms with E-state index >= 15 is 0 Å². The second kappa shape index (κ2) is 6.28. The van der Waals surface area contributed by atoms with Gasteiger partial charge >= 0.3 is 5.97 Å². The van der Waals surface area contributed by atoms with Crippen molar-refractivity contribution in [1.82, 2.24) is 4.90 Å². The average Bonchev–Trinajstić information content (AvgIpc) is 2.83. The van der Waals surface area contributed by atoms with Crippen LogP contribution >= 0.6 is 0 Å². The topological polar surface area (TPSA) is 83.7 Å². The van der Waals surface area contributed by atoms with Gasteiger partial charge < -0.3 is 5.11 Å². The van der Waals surface area contributed by atoms with Crippen LogP contribution in [-0.4, -0.2) is 39.5 Å². The summed E-state index contributed by atoms with van der Waals surface area (Å²) in [6, 6.07) is 6.87. The standard InChI is InChI=1S/C17H24N2O4/c1-5-18-13(11-9-7-6-8-10-11)14(19(22)23)12(17(2,3)4)15(18)16(20)21/h6-10,12-15H,5H2,1-4H3,(H,20,21). The van der Waals surface area contributed by atoms with Gasteiger partial charge in [0.2, 0.25) is 6.04 Å². The van der Waals surface area contributed by atoms with Crippen molar-refractivity contribution in [2.75, 3.05) is 6.54 Å². The maximum Gasteiger partial charge on any atom is 0.321 e. The van der Waals surface area contributed by atoms with Crippen molar-refractivity contribution in [1.29, 1.82) is 0 Å². The van der Waals surface area contributed by atoms with Crippen LogP contribution in [0.5, 0.6) is 0 Å². The van der Waals surface area contributed by atoms with Gasteiger partial charge in [-0.3, -0.25) is 19.8 Å². The van der Waals surface area contributed by atoms with E-state index in [9.17, 15) is 20.0 Å². The highest BCUT2D eigenvalue weighted by Crippen LogP contribution is 2.48. The summed E-state index contributed by atoms with van der Waals surface area (Å²) >= 11 is 0. The van der Waals surface area contributed by atoms with E-state index in [0.717, 1.165) is 5.56 Å². The molecule has 1 heterocycles. The molecule has 0 spiro atoms. The molecule has 1 fully saturated rings. The van der Waals surface area contributed by atoms with E-state index in [1.807, 2.05) is 58.0 Å². The first kappa shape index (κ1) is 17.4. The lowest BCUT2D eigenvalue weighted by Crippen LogP contribution is -2.45. The smallest absolute Gasteiger partial charge is 0.321 e. The first-order chi connectivity index (χ1) is 10.7. The third kappa shape index (κ3) is 3.08. The summed E-state index contributed by atoms with van der Waals surface area (Å²) in [5.74, 6) is -1.56. The number of nitro groups is 1. The summed E-state index contributed by atoms with van der Waals surface area (Å²) in [6.45, 7) is 7.95. The molecule has 23 heavy (non-hydrogen) atoms. The Bertz CT molecular complexity index is 582. The van der Waals surface area contributed by atoms with Crippen LogP contribution in [0, 0.1) is 21.4 Å². The molecule has 0 radical (unpaired) electrons. The normalized spacial score (nSPS) is 28.7. The molecule has 126 valence electrons. The van der Waals surface area contributed by atoms with Gasteiger partial charge in [-0.1, -0.05) is 58.0 Å². The van der Waals surface area contributed by atoms with E-state index in [4.69, 9.17) is 0 Å². The number of benzene rings is 1. The molecule has 2 rings (SSSR count). The lowest BCUT2D eigenvalue weighted by Gasteiger charge is -2.31. The Morgan fingerprint density at radius 2 is 1.87 bits per heavy atom. The fourth-order valence-corrected chi connectivity index (χ4v) is 3.92. The lowest BCUT2D eigenvalue weighted by molar-refractivity contribution is -0.537. The highest BCUT2D eigenvalue weighted by molar-refractivity contribution is 5.75. The summed E-state index contributed by atoms with van der Waals surface area (Å²) < 4.78 is 0. The van der Waals surface area contributed by atoms with E-state index in [0.29, 0.717) is 6.54 Å². The molecule has 6 nitrogen and oxygen atoms in total. The monoisotopic (exact) mass is 320 g/mol. The van der Waals surface area contributed by atoms with Crippen LogP contribution in [0.15, 0.2) is 30.3 Å². The van der Waals surface area contributed by atoms with Crippen LogP contribution < -0.4 is 0 Å². The number of likely N-dealkylation sites (N-methyl/N-ethyl adjacent to an activating group) is 1. The SMILES string of the molecule is CCN1C(C(=O)O)C(C(C)(C)C)C([N+](=O)[O-])C1c1ccccc1. The molecule has 0 aromatic heterocycles. The predicted octanol–water partition coefficient (Wildman–Crippen LogP) is 2.82. The minimum atomic E-state index is -0.989. The quantitative estimate of drug-likeness (QED) is 0.681. The van der Waals surface area contributed by atoms with Crippen LogP contribution in [0.2, 0.25) is 0 Å². The van der Waals surface area contributed by atoms with Crippen LogP contribution in [0.4, 0.5) is 0 Å². The molecule has 0 aliphatic carbocycles. The number of carbonyl (C=O) groups is 1. The van der Waals surface area contributed by atoms with E-state index in [1.54, 1.807) is 4.90 Å². The Morgan fingerprint density at radius 1 is 1.30 bits per heavy atom. The molecule has 0 amide bonds. The number of likely N-dealkylation sites (tertiary alicyclic amines) is 1. The third-order valence-electron chi connectivity index (χ3n) is 4.75. The van der Waals surface area contributed by atoms with Gasteiger partial charge in [-0.05, 0) is 17.5 Å². The van der Waals surface area contributed by atoms with E-state index in [-0.39, 0.29) is 4.92 Å². The zero-order valence-electron chi connectivity index (χ0n) is 14.0. The zero-order chi connectivity index (χ0) is 17.4. The van der Waals surface area contributed by atoms with Crippen LogP contribution in [-0.2, 0) is 4.79 Å². The predicted molar refractivity (Wildman–Crippen MR) is 86.7 cm³/mol. The maximum atomic E-state index is 11.9. The number of rotatable bonds is 4. The molecule has 1 aliphatic rings. The van der Waals surface area contributed by atoms with Gasteiger partial charge in [0, 0.05) is 4.92 Å². The molecule has 0 bridgehead atoms. The van der Waals surface area contributed by atoms with E-state index in [1.165, 1.54) is 0 Å². The fourth-order valence-electron chi connectivity index (χ4n) is 3.92. The number of carboxylic acid groups (broad SMARTS) is 1. The third-order valence-corrected chi connectivity index (χ3v) is 4.75. The molecule has 4 atom stereocenters. The summed E-state index contributed by atoms with van der Waals surface area (Å²) in [7, 11) is 0. The number of aliphatic carboxylic acids is 1. The number of carboxylic acids is 1. The van der Waals surface area contributed by atoms with E-state index in [2.05, 4.69) is 0 Å². The number of hydrogen-bond donors (Lipinski definition) is 1. The molecule has 6 heteroatoms. The molecular formula is C17H24N2O4. The van der Waals surface area contributed by atoms with Crippen molar-refractivity contribution in [2.24, 2.45) is 11.3 Å². The molecule has 1 saturated heterocycles. The molecule has 4 unspecified atom stereocenters. The summed E-state index contributed by atoms with van der Waals surface area (Å²) in [4.78, 5) is 25.2. The van der Waals surface area contributed by atoms with Gasteiger partial charge in [0.25, 0.3) is 0 Å². The fraction of sp³-hybridized carbons (Fsp3) is 0.588.